The summed E-state index contributed by atoms with van der Waals surface area (Å²) in [7, 11) is 0. The average Bonchev–Trinajstić information content (AvgIpc) is 2.97. The summed E-state index contributed by atoms with van der Waals surface area (Å²) in [5.74, 6) is 2.58. The molecule has 1 aromatic carbocycles. The van der Waals surface area contributed by atoms with Gasteiger partial charge in [0.2, 0.25) is 0 Å². The van der Waals surface area contributed by atoms with Crippen molar-refractivity contribution in [1.82, 2.24) is 0 Å². The molecule has 4 heteroatoms. The van der Waals surface area contributed by atoms with E-state index in [1.165, 1.54) is 6.07 Å². The Morgan fingerprint density at radius 3 is 2.38 bits per heavy atom. The molecule has 0 N–H and O–H groups in total. The molecule has 0 bridgehead atoms. The van der Waals surface area contributed by atoms with Crippen molar-refractivity contribution in [2.24, 2.45) is 0 Å². The Bertz CT molecular complexity index is 464. The molecular weight excluding hydrogens is 281 g/mol. The average molecular weight is 289 g/mol. The van der Waals surface area contributed by atoms with Gasteiger partial charge in [-0.2, -0.15) is 13.2 Å². The molecule has 1 aliphatic rings. The van der Waals surface area contributed by atoms with Crippen molar-refractivity contribution in [3.63, 3.8) is 0 Å². The fraction of sp³-hybridized carbons (Fsp3) is 0.333. The first-order chi connectivity index (χ1) is 7.39. The summed E-state index contributed by atoms with van der Waals surface area (Å²) in [4.78, 5) is 0. The first-order valence-corrected chi connectivity index (χ1v) is 5.53. The van der Waals surface area contributed by atoms with Crippen LogP contribution in [0.5, 0.6) is 0 Å². The molecular formula is C12H8BrF3. The summed E-state index contributed by atoms with van der Waals surface area (Å²) < 4.78 is 38.0. The molecule has 84 valence electrons. The Hall–Kier alpha value is -0.950. The minimum Gasteiger partial charge on any atom is -0.166 e. The van der Waals surface area contributed by atoms with Gasteiger partial charge in [0, 0.05) is 4.47 Å². The van der Waals surface area contributed by atoms with Crippen molar-refractivity contribution < 1.29 is 13.2 Å². The smallest absolute Gasteiger partial charge is 0.166 e. The zero-order valence-electron chi connectivity index (χ0n) is 8.24. The Kier molecular flexibility index (Phi) is 2.54. The van der Waals surface area contributed by atoms with Crippen molar-refractivity contribution in [3.05, 3.63) is 33.8 Å². The second-order valence-corrected chi connectivity index (χ2v) is 4.77. The van der Waals surface area contributed by atoms with Crippen LogP contribution in [-0.4, -0.2) is 0 Å². The first kappa shape index (κ1) is 11.5. The van der Waals surface area contributed by atoms with Crippen LogP contribution in [0.25, 0.3) is 0 Å². The quantitative estimate of drug-likeness (QED) is 0.682. The highest BCUT2D eigenvalue weighted by atomic mass is 79.9. The Balaban J connectivity index is 2.49. The van der Waals surface area contributed by atoms with Crippen molar-refractivity contribution in [3.8, 4) is 12.3 Å². The zero-order chi connectivity index (χ0) is 12.0. The highest BCUT2D eigenvalue weighted by Crippen LogP contribution is 2.49. The van der Waals surface area contributed by atoms with Crippen LogP contribution in [-0.2, 0) is 11.6 Å². The molecule has 1 saturated carbocycles. The lowest BCUT2D eigenvalue weighted by molar-refractivity contribution is -0.138. The highest BCUT2D eigenvalue weighted by Gasteiger charge is 2.44. The van der Waals surface area contributed by atoms with Crippen LogP contribution in [0.15, 0.2) is 22.7 Å². The monoisotopic (exact) mass is 288 g/mol. The van der Waals surface area contributed by atoms with E-state index in [9.17, 15) is 13.2 Å². The number of terminal acetylenes is 1. The van der Waals surface area contributed by atoms with Gasteiger partial charge in [-0.3, -0.25) is 0 Å². The SMILES string of the molecule is C#CC1(c2ccc(Br)c(C(F)(F)F)c2)CC1. The molecule has 0 unspecified atom stereocenters. The summed E-state index contributed by atoms with van der Waals surface area (Å²) in [6, 6.07) is 4.22. The Morgan fingerprint density at radius 2 is 1.94 bits per heavy atom. The standard InChI is InChI=1S/C12H8BrF3/c1-2-11(5-6-11)8-3-4-10(13)9(7-8)12(14,15)16/h1,3-4,7H,5-6H2. The minimum atomic E-state index is -4.35. The lowest BCUT2D eigenvalue weighted by Gasteiger charge is -2.14. The molecule has 0 radical (unpaired) electrons. The fourth-order valence-electron chi connectivity index (χ4n) is 1.68. The maximum absolute atomic E-state index is 12.7. The molecule has 0 saturated heterocycles. The normalized spacial score (nSPS) is 17.9. The molecule has 1 aromatic rings. The Morgan fingerprint density at radius 1 is 1.31 bits per heavy atom. The van der Waals surface area contributed by atoms with E-state index >= 15 is 0 Å². The van der Waals surface area contributed by atoms with Gasteiger partial charge in [-0.15, -0.1) is 6.42 Å². The van der Waals surface area contributed by atoms with Crippen LogP contribution in [0.3, 0.4) is 0 Å². The zero-order valence-corrected chi connectivity index (χ0v) is 9.82. The van der Waals surface area contributed by atoms with E-state index in [1.54, 1.807) is 6.07 Å². The lowest BCUT2D eigenvalue weighted by Crippen LogP contribution is -2.10. The van der Waals surface area contributed by atoms with Gasteiger partial charge < -0.3 is 0 Å². The second kappa shape index (κ2) is 3.53. The van der Waals surface area contributed by atoms with Gasteiger partial charge in [0.1, 0.15) is 0 Å². The van der Waals surface area contributed by atoms with Gasteiger partial charge in [0.25, 0.3) is 0 Å². The van der Waals surface area contributed by atoms with Crippen molar-refractivity contribution >= 4 is 15.9 Å². The number of hydrogen-bond acceptors (Lipinski definition) is 0. The number of halogens is 4. The van der Waals surface area contributed by atoms with Crippen molar-refractivity contribution in [2.75, 3.05) is 0 Å². The van der Waals surface area contributed by atoms with E-state index < -0.39 is 17.2 Å². The van der Waals surface area contributed by atoms with E-state index in [1.807, 2.05) is 0 Å². The third-order valence-electron chi connectivity index (χ3n) is 2.85. The maximum Gasteiger partial charge on any atom is 0.417 e. The van der Waals surface area contributed by atoms with Crippen LogP contribution in [0.1, 0.15) is 24.0 Å². The molecule has 0 aliphatic heterocycles. The highest BCUT2D eigenvalue weighted by molar-refractivity contribution is 9.10. The number of benzene rings is 1. The van der Waals surface area contributed by atoms with Crippen molar-refractivity contribution in [1.29, 1.82) is 0 Å². The fourth-order valence-corrected chi connectivity index (χ4v) is 2.15. The lowest BCUT2D eigenvalue weighted by atomic mass is 9.95. The van der Waals surface area contributed by atoms with Gasteiger partial charge in [-0.25, -0.2) is 0 Å². The van der Waals surface area contributed by atoms with Gasteiger partial charge in [0.15, 0.2) is 0 Å². The third kappa shape index (κ3) is 1.84. The molecule has 0 heterocycles. The number of hydrogen-bond donors (Lipinski definition) is 0. The largest absolute Gasteiger partial charge is 0.417 e. The third-order valence-corrected chi connectivity index (χ3v) is 3.54. The predicted octanol–water partition coefficient (Wildman–Crippen LogP) is 4.13. The first-order valence-electron chi connectivity index (χ1n) is 4.74. The van der Waals surface area contributed by atoms with Crippen molar-refractivity contribution in [2.45, 2.75) is 24.4 Å². The van der Waals surface area contributed by atoms with Gasteiger partial charge >= 0.3 is 6.18 Å². The maximum atomic E-state index is 12.7. The predicted molar refractivity (Wildman–Crippen MR) is 58.9 cm³/mol. The molecule has 0 atom stereocenters. The van der Waals surface area contributed by atoms with Crippen LogP contribution in [0.4, 0.5) is 13.2 Å². The van der Waals surface area contributed by atoms with Crippen LogP contribution in [0, 0.1) is 12.3 Å². The van der Waals surface area contributed by atoms with E-state index in [0.29, 0.717) is 5.56 Å². The molecule has 0 aromatic heterocycles. The summed E-state index contributed by atoms with van der Waals surface area (Å²) in [6.45, 7) is 0. The molecule has 0 amide bonds. The summed E-state index contributed by atoms with van der Waals surface area (Å²) >= 11 is 2.90. The van der Waals surface area contributed by atoms with Gasteiger partial charge in [0.05, 0.1) is 11.0 Å². The summed E-state index contributed by atoms with van der Waals surface area (Å²) in [5, 5.41) is 0. The topological polar surface area (TPSA) is 0 Å². The van der Waals surface area contributed by atoms with Crippen LogP contribution >= 0.6 is 15.9 Å². The summed E-state index contributed by atoms with van der Waals surface area (Å²) in [6.07, 6.45) is 2.54. The molecule has 0 nitrogen and oxygen atoms in total. The van der Waals surface area contributed by atoms with E-state index in [-0.39, 0.29) is 4.47 Å². The molecule has 0 spiro atoms. The molecule has 1 aliphatic carbocycles. The summed E-state index contributed by atoms with van der Waals surface area (Å²) in [5.41, 5.74) is -0.530. The van der Waals surface area contributed by atoms with Crippen LogP contribution < -0.4 is 0 Å². The van der Waals surface area contributed by atoms with Crippen LogP contribution in [0.2, 0.25) is 0 Å². The minimum absolute atomic E-state index is 0.0524. The second-order valence-electron chi connectivity index (χ2n) is 3.92. The molecule has 16 heavy (non-hydrogen) atoms. The van der Waals surface area contributed by atoms with E-state index in [4.69, 9.17) is 6.42 Å². The molecule has 1 fully saturated rings. The number of alkyl halides is 3. The number of rotatable bonds is 1. The van der Waals surface area contributed by atoms with E-state index in [2.05, 4.69) is 21.9 Å². The van der Waals surface area contributed by atoms with Gasteiger partial charge in [-0.1, -0.05) is 27.9 Å². The van der Waals surface area contributed by atoms with Gasteiger partial charge in [-0.05, 0) is 30.5 Å². The Labute approximate surface area is 100.0 Å². The van der Waals surface area contributed by atoms with E-state index in [0.717, 1.165) is 18.9 Å². The molecule has 2 rings (SSSR count).